The van der Waals surface area contributed by atoms with Crippen LogP contribution < -0.4 is 0 Å². The molecule has 3 aromatic rings. The number of hydrogen-bond acceptors (Lipinski definition) is 6. The SMILES string of the molecule is Cc1ccc(-c2nnc(C3CCN(C(=O)c4cc(C(C)(C)C)[nH]n4)CC3)o2)cn1. The van der Waals surface area contributed by atoms with Crippen LogP contribution in [0.1, 0.15) is 67.3 Å². The van der Waals surface area contributed by atoms with Crippen LogP contribution in [0, 0.1) is 6.92 Å². The first-order valence-electron chi connectivity index (χ1n) is 9.93. The van der Waals surface area contributed by atoms with Crippen LogP contribution in [0.3, 0.4) is 0 Å². The van der Waals surface area contributed by atoms with E-state index < -0.39 is 0 Å². The van der Waals surface area contributed by atoms with Crippen molar-refractivity contribution >= 4 is 5.91 Å². The van der Waals surface area contributed by atoms with E-state index in [0.717, 1.165) is 29.8 Å². The van der Waals surface area contributed by atoms with E-state index >= 15 is 0 Å². The minimum atomic E-state index is -0.0683. The fourth-order valence-corrected chi connectivity index (χ4v) is 3.42. The molecule has 8 nitrogen and oxygen atoms in total. The third-order valence-electron chi connectivity index (χ3n) is 5.34. The maximum Gasteiger partial charge on any atom is 0.274 e. The highest BCUT2D eigenvalue weighted by Gasteiger charge is 2.29. The van der Waals surface area contributed by atoms with Crippen molar-refractivity contribution in [2.45, 2.75) is 51.9 Å². The molecule has 29 heavy (non-hydrogen) atoms. The third kappa shape index (κ3) is 4.06. The summed E-state index contributed by atoms with van der Waals surface area (Å²) in [6.45, 7) is 9.49. The number of pyridine rings is 1. The second-order valence-corrected chi connectivity index (χ2v) is 8.62. The molecule has 0 unspecified atom stereocenters. The molecule has 0 aromatic carbocycles. The normalized spacial score (nSPS) is 15.7. The Morgan fingerprint density at radius 2 is 1.97 bits per heavy atom. The predicted octanol–water partition coefficient (Wildman–Crippen LogP) is 3.48. The fraction of sp³-hybridized carbons (Fsp3) is 0.476. The van der Waals surface area contributed by atoms with Gasteiger partial charge in [0.05, 0.1) is 5.56 Å². The lowest BCUT2D eigenvalue weighted by Gasteiger charge is -2.29. The van der Waals surface area contributed by atoms with Crippen LogP contribution in [-0.4, -0.2) is 49.3 Å². The number of aromatic nitrogens is 5. The standard InChI is InChI=1S/C21H26N6O2/c1-13-5-6-15(12-22-13)19-26-25-18(29-19)14-7-9-27(10-8-14)20(28)16-11-17(24-23-16)21(2,3)4/h5-6,11-12,14H,7-10H2,1-4H3,(H,23,24). The number of nitrogens with zero attached hydrogens (tertiary/aromatic N) is 5. The van der Waals surface area contributed by atoms with Gasteiger partial charge in [0.2, 0.25) is 11.8 Å². The first kappa shape index (κ1) is 19.3. The van der Waals surface area contributed by atoms with E-state index in [9.17, 15) is 4.79 Å². The zero-order valence-corrected chi connectivity index (χ0v) is 17.3. The van der Waals surface area contributed by atoms with Gasteiger partial charge in [0.1, 0.15) is 5.69 Å². The van der Waals surface area contributed by atoms with E-state index in [1.54, 1.807) is 6.20 Å². The van der Waals surface area contributed by atoms with Crippen LogP contribution in [0.2, 0.25) is 0 Å². The number of piperidine rings is 1. The van der Waals surface area contributed by atoms with Gasteiger partial charge in [0.25, 0.3) is 5.91 Å². The van der Waals surface area contributed by atoms with Crippen molar-refractivity contribution in [3.63, 3.8) is 0 Å². The third-order valence-corrected chi connectivity index (χ3v) is 5.34. The summed E-state index contributed by atoms with van der Waals surface area (Å²) >= 11 is 0. The molecule has 1 aliphatic heterocycles. The Balaban J connectivity index is 1.39. The summed E-state index contributed by atoms with van der Waals surface area (Å²) in [4.78, 5) is 18.9. The summed E-state index contributed by atoms with van der Waals surface area (Å²) in [5.74, 6) is 1.23. The lowest BCUT2D eigenvalue weighted by atomic mass is 9.92. The van der Waals surface area contributed by atoms with Crippen LogP contribution >= 0.6 is 0 Å². The number of carbonyl (C=O) groups is 1. The molecular weight excluding hydrogens is 368 g/mol. The van der Waals surface area contributed by atoms with Crippen LogP contribution in [-0.2, 0) is 5.41 Å². The molecular formula is C21H26N6O2. The molecule has 1 aliphatic rings. The van der Waals surface area contributed by atoms with Crippen LogP contribution in [0.15, 0.2) is 28.8 Å². The number of hydrogen-bond donors (Lipinski definition) is 1. The first-order valence-corrected chi connectivity index (χ1v) is 9.93. The van der Waals surface area contributed by atoms with E-state index in [1.165, 1.54) is 0 Å². The molecule has 4 heterocycles. The van der Waals surface area contributed by atoms with E-state index in [-0.39, 0.29) is 17.2 Å². The Hall–Kier alpha value is -3.03. The summed E-state index contributed by atoms with van der Waals surface area (Å²) < 4.78 is 5.89. The molecule has 0 aliphatic carbocycles. The zero-order valence-electron chi connectivity index (χ0n) is 17.3. The lowest BCUT2D eigenvalue weighted by molar-refractivity contribution is 0.0700. The van der Waals surface area contributed by atoms with Crippen LogP contribution in [0.4, 0.5) is 0 Å². The highest BCUT2D eigenvalue weighted by Crippen LogP contribution is 2.30. The van der Waals surface area contributed by atoms with E-state index in [4.69, 9.17) is 4.42 Å². The van der Waals surface area contributed by atoms with Crippen LogP contribution in [0.25, 0.3) is 11.5 Å². The molecule has 0 bridgehead atoms. The topological polar surface area (TPSA) is 101 Å². The number of H-pyrrole nitrogens is 1. The number of rotatable bonds is 3. The second-order valence-electron chi connectivity index (χ2n) is 8.62. The van der Waals surface area contributed by atoms with Gasteiger partial charge in [0, 0.05) is 42.0 Å². The zero-order chi connectivity index (χ0) is 20.6. The van der Waals surface area contributed by atoms with E-state index in [1.807, 2.05) is 30.0 Å². The highest BCUT2D eigenvalue weighted by atomic mass is 16.4. The van der Waals surface area contributed by atoms with Gasteiger partial charge in [-0.2, -0.15) is 5.10 Å². The minimum Gasteiger partial charge on any atom is -0.420 e. The lowest BCUT2D eigenvalue weighted by Crippen LogP contribution is -2.38. The molecule has 0 spiro atoms. The summed E-state index contributed by atoms with van der Waals surface area (Å²) in [5, 5.41) is 15.6. The summed E-state index contributed by atoms with van der Waals surface area (Å²) in [6.07, 6.45) is 3.32. The Morgan fingerprint density at radius 3 is 2.59 bits per heavy atom. The van der Waals surface area contributed by atoms with E-state index in [0.29, 0.717) is 30.6 Å². The molecule has 8 heteroatoms. The van der Waals surface area contributed by atoms with Gasteiger partial charge in [0.15, 0.2) is 0 Å². The number of likely N-dealkylation sites (tertiary alicyclic amines) is 1. The van der Waals surface area contributed by atoms with Crippen molar-refractivity contribution in [3.8, 4) is 11.5 Å². The number of nitrogens with one attached hydrogen (secondary N) is 1. The molecule has 1 fully saturated rings. The van der Waals surface area contributed by atoms with Crippen molar-refractivity contribution in [2.75, 3.05) is 13.1 Å². The Morgan fingerprint density at radius 1 is 1.21 bits per heavy atom. The minimum absolute atomic E-state index is 0.0350. The van der Waals surface area contributed by atoms with Crippen molar-refractivity contribution in [3.05, 3.63) is 47.4 Å². The monoisotopic (exact) mass is 394 g/mol. The van der Waals surface area contributed by atoms with Crippen molar-refractivity contribution < 1.29 is 9.21 Å². The highest BCUT2D eigenvalue weighted by molar-refractivity contribution is 5.92. The smallest absolute Gasteiger partial charge is 0.274 e. The molecule has 1 N–H and O–H groups in total. The number of aromatic amines is 1. The molecule has 1 amide bonds. The van der Waals surface area contributed by atoms with Gasteiger partial charge in [-0.3, -0.25) is 14.9 Å². The largest absolute Gasteiger partial charge is 0.420 e. The molecule has 4 rings (SSSR count). The second kappa shape index (κ2) is 7.42. The van der Waals surface area contributed by atoms with Crippen molar-refractivity contribution in [1.82, 2.24) is 30.3 Å². The summed E-state index contributed by atoms with van der Waals surface area (Å²) in [7, 11) is 0. The maximum absolute atomic E-state index is 12.8. The molecule has 0 saturated carbocycles. The molecule has 0 atom stereocenters. The Labute approximate surface area is 169 Å². The van der Waals surface area contributed by atoms with Gasteiger partial charge < -0.3 is 9.32 Å². The van der Waals surface area contributed by atoms with Crippen LogP contribution in [0.5, 0.6) is 0 Å². The van der Waals surface area contributed by atoms with Gasteiger partial charge in [-0.25, -0.2) is 0 Å². The Bertz CT molecular complexity index is 991. The number of aryl methyl sites for hydroxylation is 1. The van der Waals surface area contributed by atoms with Gasteiger partial charge >= 0.3 is 0 Å². The Kier molecular flexibility index (Phi) is 4.94. The predicted molar refractivity (Wildman–Crippen MR) is 107 cm³/mol. The summed E-state index contributed by atoms with van der Waals surface area (Å²) in [6, 6.07) is 5.70. The van der Waals surface area contributed by atoms with Crippen molar-refractivity contribution in [1.29, 1.82) is 0 Å². The van der Waals surface area contributed by atoms with Gasteiger partial charge in [-0.15, -0.1) is 10.2 Å². The molecule has 3 aromatic heterocycles. The molecule has 152 valence electrons. The quantitative estimate of drug-likeness (QED) is 0.730. The first-order chi connectivity index (χ1) is 13.8. The van der Waals surface area contributed by atoms with E-state index in [2.05, 4.69) is 46.1 Å². The average Bonchev–Trinajstić information content (AvgIpc) is 3.38. The fourth-order valence-electron chi connectivity index (χ4n) is 3.42. The summed E-state index contributed by atoms with van der Waals surface area (Å²) in [5.41, 5.74) is 3.12. The number of carbonyl (C=O) groups excluding carboxylic acids is 1. The maximum atomic E-state index is 12.8. The average molecular weight is 394 g/mol. The van der Waals surface area contributed by atoms with Gasteiger partial charge in [-0.05, 0) is 38.0 Å². The van der Waals surface area contributed by atoms with Gasteiger partial charge in [-0.1, -0.05) is 20.8 Å². The van der Waals surface area contributed by atoms with Crippen molar-refractivity contribution in [2.24, 2.45) is 0 Å². The number of amides is 1. The molecule has 1 saturated heterocycles. The molecule has 0 radical (unpaired) electrons.